The zero-order valence-corrected chi connectivity index (χ0v) is 12.0. The van der Waals surface area contributed by atoms with Crippen molar-refractivity contribution in [2.75, 3.05) is 37.6 Å². The minimum atomic E-state index is -4.64. The number of amides is 1. The van der Waals surface area contributed by atoms with Gasteiger partial charge in [-0.1, -0.05) is 0 Å². The van der Waals surface area contributed by atoms with Crippen LogP contribution in [-0.4, -0.2) is 48.5 Å². The van der Waals surface area contributed by atoms with Crippen LogP contribution in [0.5, 0.6) is 0 Å². The third kappa shape index (κ3) is 3.70. The molecule has 0 unspecified atom stereocenters. The smallest absolute Gasteiger partial charge is 0.362 e. The number of halogens is 3. The van der Waals surface area contributed by atoms with Crippen molar-refractivity contribution >= 4 is 17.3 Å². The lowest BCUT2D eigenvalue weighted by Crippen LogP contribution is -2.50. The number of alkyl halides is 3. The molecule has 2 rings (SSSR count). The van der Waals surface area contributed by atoms with Crippen molar-refractivity contribution in [1.29, 1.82) is 0 Å². The molecule has 1 fully saturated rings. The van der Waals surface area contributed by atoms with Crippen molar-refractivity contribution in [1.82, 2.24) is 4.90 Å². The van der Waals surface area contributed by atoms with E-state index in [0.29, 0.717) is 19.2 Å². The monoisotopic (exact) mass is 332 g/mol. The average molecular weight is 332 g/mol. The molecule has 1 heterocycles. The van der Waals surface area contributed by atoms with Crippen LogP contribution in [0.25, 0.3) is 0 Å². The van der Waals surface area contributed by atoms with Crippen LogP contribution in [0, 0.1) is 10.1 Å². The van der Waals surface area contributed by atoms with Gasteiger partial charge in [0.25, 0.3) is 5.69 Å². The van der Waals surface area contributed by atoms with Crippen molar-refractivity contribution in [3.8, 4) is 0 Å². The van der Waals surface area contributed by atoms with Crippen LogP contribution >= 0.6 is 0 Å². The topological polar surface area (TPSA) is 92.7 Å². The highest BCUT2D eigenvalue weighted by molar-refractivity contribution is 5.78. The summed E-state index contributed by atoms with van der Waals surface area (Å²) in [6.07, 6.45) is -4.64. The van der Waals surface area contributed by atoms with Gasteiger partial charge in [0.05, 0.1) is 17.0 Å². The molecule has 0 saturated carbocycles. The SMILES string of the molecule is NCC(=O)N1CCN(c2ccc(C(F)(F)F)cc2[N+](=O)[O-])CC1. The first kappa shape index (κ1) is 17.0. The molecule has 1 saturated heterocycles. The maximum atomic E-state index is 12.7. The second-order valence-electron chi connectivity index (χ2n) is 5.03. The molecule has 0 aromatic heterocycles. The predicted molar refractivity (Wildman–Crippen MR) is 75.9 cm³/mol. The van der Waals surface area contributed by atoms with Crippen molar-refractivity contribution in [2.45, 2.75) is 6.18 Å². The fourth-order valence-corrected chi connectivity index (χ4v) is 2.44. The Kier molecular flexibility index (Phi) is 4.73. The molecule has 0 atom stereocenters. The molecule has 1 aliphatic rings. The second kappa shape index (κ2) is 6.41. The van der Waals surface area contributed by atoms with Gasteiger partial charge in [-0.05, 0) is 12.1 Å². The number of nitro groups is 1. The number of benzene rings is 1. The van der Waals surface area contributed by atoms with E-state index in [2.05, 4.69) is 0 Å². The average Bonchev–Trinajstić information content (AvgIpc) is 2.52. The first-order valence-electron chi connectivity index (χ1n) is 6.82. The number of nitrogens with two attached hydrogens (primary N) is 1. The summed E-state index contributed by atoms with van der Waals surface area (Å²) in [6, 6.07) is 2.45. The maximum Gasteiger partial charge on any atom is 0.416 e. The summed E-state index contributed by atoms with van der Waals surface area (Å²) < 4.78 is 38.1. The number of hydrogen-bond donors (Lipinski definition) is 1. The largest absolute Gasteiger partial charge is 0.416 e. The molecule has 1 amide bonds. The van der Waals surface area contributed by atoms with Crippen molar-refractivity contribution in [3.63, 3.8) is 0 Å². The number of carbonyl (C=O) groups excluding carboxylic acids is 1. The number of rotatable bonds is 3. The molecule has 7 nitrogen and oxygen atoms in total. The van der Waals surface area contributed by atoms with Gasteiger partial charge in [0.2, 0.25) is 5.91 Å². The van der Waals surface area contributed by atoms with Gasteiger partial charge < -0.3 is 15.5 Å². The predicted octanol–water partition coefficient (Wildman–Crippen LogP) is 1.22. The fourth-order valence-electron chi connectivity index (χ4n) is 2.44. The van der Waals surface area contributed by atoms with E-state index < -0.39 is 22.4 Å². The standard InChI is InChI=1S/C13H15F3N4O3/c14-13(15,16)9-1-2-10(11(7-9)20(22)23)18-3-5-19(6-4-18)12(21)8-17/h1-2,7H,3-6,8,17H2. The van der Waals surface area contributed by atoms with Gasteiger partial charge in [0.15, 0.2) is 0 Å². The summed E-state index contributed by atoms with van der Waals surface area (Å²) in [5, 5.41) is 11.1. The molecule has 2 N–H and O–H groups in total. The quantitative estimate of drug-likeness (QED) is 0.664. The lowest BCUT2D eigenvalue weighted by Gasteiger charge is -2.35. The molecule has 0 bridgehead atoms. The Morgan fingerprint density at radius 2 is 1.87 bits per heavy atom. The molecule has 1 aliphatic heterocycles. The zero-order valence-electron chi connectivity index (χ0n) is 12.0. The molecule has 1 aromatic carbocycles. The zero-order chi connectivity index (χ0) is 17.2. The molecule has 1 aromatic rings. The summed E-state index contributed by atoms with van der Waals surface area (Å²) in [4.78, 5) is 24.9. The minimum absolute atomic E-state index is 0.114. The molecule has 23 heavy (non-hydrogen) atoms. The highest BCUT2D eigenvalue weighted by Gasteiger charge is 2.34. The number of piperazine rings is 1. The van der Waals surface area contributed by atoms with E-state index in [4.69, 9.17) is 5.73 Å². The highest BCUT2D eigenvalue weighted by Crippen LogP contribution is 2.36. The van der Waals surface area contributed by atoms with Crippen LogP contribution in [-0.2, 0) is 11.0 Å². The summed E-state index contributed by atoms with van der Waals surface area (Å²) in [6.45, 7) is 1.08. The number of carbonyl (C=O) groups is 1. The Morgan fingerprint density at radius 3 is 2.35 bits per heavy atom. The van der Waals surface area contributed by atoms with Gasteiger partial charge >= 0.3 is 6.18 Å². The van der Waals surface area contributed by atoms with Gasteiger partial charge in [-0.2, -0.15) is 13.2 Å². The fraction of sp³-hybridized carbons (Fsp3) is 0.462. The van der Waals surface area contributed by atoms with Crippen molar-refractivity contribution < 1.29 is 22.9 Å². The molecular formula is C13H15F3N4O3. The van der Waals surface area contributed by atoms with Gasteiger partial charge in [0.1, 0.15) is 5.69 Å². The Bertz CT molecular complexity index is 613. The van der Waals surface area contributed by atoms with Gasteiger partial charge in [-0.25, -0.2) is 0 Å². The van der Waals surface area contributed by atoms with Crippen LogP contribution in [0.4, 0.5) is 24.5 Å². The first-order chi connectivity index (χ1) is 10.7. The number of anilines is 1. The molecule has 126 valence electrons. The van der Waals surface area contributed by atoms with E-state index in [0.717, 1.165) is 12.1 Å². The van der Waals surface area contributed by atoms with E-state index in [9.17, 15) is 28.1 Å². The third-order valence-electron chi connectivity index (χ3n) is 3.65. The van der Waals surface area contributed by atoms with Crippen LogP contribution in [0.3, 0.4) is 0 Å². The Balaban J connectivity index is 2.23. The number of nitrogens with zero attached hydrogens (tertiary/aromatic N) is 3. The van der Waals surface area contributed by atoms with Crippen LogP contribution in [0.2, 0.25) is 0 Å². The normalized spacial score (nSPS) is 15.7. The van der Waals surface area contributed by atoms with Gasteiger partial charge in [-0.3, -0.25) is 14.9 Å². The lowest BCUT2D eigenvalue weighted by atomic mass is 10.1. The molecule has 0 spiro atoms. The van der Waals surface area contributed by atoms with E-state index >= 15 is 0 Å². The molecule has 0 aliphatic carbocycles. The molecule has 10 heteroatoms. The second-order valence-corrected chi connectivity index (χ2v) is 5.03. The van der Waals surface area contributed by atoms with E-state index in [1.807, 2.05) is 0 Å². The van der Waals surface area contributed by atoms with E-state index in [-0.39, 0.29) is 31.2 Å². The summed E-state index contributed by atoms with van der Waals surface area (Å²) >= 11 is 0. The van der Waals surface area contributed by atoms with Crippen LogP contribution < -0.4 is 10.6 Å². The lowest BCUT2D eigenvalue weighted by molar-refractivity contribution is -0.384. The summed E-state index contributed by atoms with van der Waals surface area (Å²) in [7, 11) is 0. The minimum Gasteiger partial charge on any atom is -0.362 e. The molecule has 0 radical (unpaired) electrons. The summed E-state index contributed by atoms with van der Waals surface area (Å²) in [5.41, 5.74) is 3.72. The summed E-state index contributed by atoms with van der Waals surface area (Å²) in [5.74, 6) is -0.230. The van der Waals surface area contributed by atoms with Crippen LogP contribution in [0.1, 0.15) is 5.56 Å². The number of nitro benzene ring substituents is 1. The Morgan fingerprint density at radius 1 is 1.26 bits per heavy atom. The Hall–Kier alpha value is -2.36. The molecular weight excluding hydrogens is 317 g/mol. The van der Waals surface area contributed by atoms with Crippen molar-refractivity contribution in [3.05, 3.63) is 33.9 Å². The number of hydrogen-bond acceptors (Lipinski definition) is 5. The maximum absolute atomic E-state index is 12.7. The van der Waals surface area contributed by atoms with E-state index in [1.54, 1.807) is 4.90 Å². The van der Waals surface area contributed by atoms with Crippen molar-refractivity contribution in [2.24, 2.45) is 5.73 Å². The third-order valence-corrected chi connectivity index (χ3v) is 3.65. The van der Waals surface area contributed by atoms with Gasteiger partial charge in [-0.15, -0.1) is 0 Å². The van der Waals surface area contributed by atoms with E-state index in [1.165, 1.54) is 4.90 Å². The highest BCUT2D eigenvalue weighted by atomic mass is 19.4. The van der Waals surface area contributed by atoms with Gasteiger partial charge in [0, 0.05) is 32.2 Å². The Labute approximate surface area is 129 Å². The van der Waals surface area contributed by atoms with Crippen LogP contribution in [0.15, 0.2) is 18.2 Å². The first-order valence-corrected chi connectivity index (χ1v) is 6.82.